The number of aromatic amines is 1. The number of hydrogen-bond donors (Lipinski definition) is 2. The molecule has 3 N–H and O–H groups in total. The standard InChI is InChI=1S/C23H26ClN3O.C12H15N3O2/c1-26(2)14-16-11-18-12-19(24)8-9-22(18)27(15-16)23(28)10-7-17-13-25-21-6-4-3-5-20(17)21;13-11(16)9-3-6-15(7-4-9)12(17)10-2-1-5-14-8-10/h3-6,8-9,12-13,16,25H,7,10-11,14-15H2,1-2H3;1-2,5,8-9H,3-4,6-7H2,(H2,13,16). The van der Waals surface area contributed by atoms with Gasteiger partial charge >= 0.3 is 0 Å². The molecule has 9 nitrogen and oxygen atoms in total. The van der Waals surface area contributed by atoms with Crippen molar-refractivity contribution in [3.63, 3.8) is 0 Å². The minimum atomic E-state index is -0.265. The number of H-pyrrole nitrogens is 1. The molecule has 2 aromatic heterocycles. The second-order valence-electron chi connectivity index (χ2n) is 12.2. The van der Waals surface area contributed by atoms with E-state index in [0.29, 0.717) is 43.8 Å². The molecule has 2 aromatic carbocycles. The van der Waals surface area contributed by atoms with Gasteiger partial charge in [-0.1, -0.05) is 29.8 Å². The molecular formula is C35H41ClN6O3. The number of fused-ring (bicyclic) bond motifs is 2. The summed E-state index contributed by atoms with van der Waals surface area (Å²) in [5, 5.41) is 1.93. The molecule has 2 aliphatic rings. The fourth-order valence-corrected chi connectivity index (χ4v) is 6.54. The molecule has 1 fully saturated rings. The summed E-state index contributed by atoms with van der Waals surface area (Å²) in [5.41, 5.74) is 10.3. The van der Waals surface area contributed by atoms with Gasteiger partial charge in [-0.15, -0.1) is 0 Å². The first kappa shape index (κ1) is 32.2. The molecule has 0 spiro atoms. The van der Waals surface area contributed by atoms with Gasteiger partial charge in [-0.05, 0) is 93.2 Å². The van der Waals surface area contributed by atoms with E-state index in [1.807, 2.05) is 41.4 Å². The maximum Gasteiger partial charge on any atom is 0.255 e. The van der Waals surface area contributed by atoms with Gasteiger partial charge in [-0.25, -0.2) is 0 Å². The van der Waals surface area contributed by atoms with Crippen molar-refractivity contribution >= 4 is 45.9 Å². The van der Waals surface area contributed by atoms with Crippen LogP contribution in [0.5, 0.6) is 0 Å². The number of hydrogen-bond acceptors (Lipinski definition) is 5. The molecule has 1 saturated heterocycles. The van der Waals surface area contributed by atoms with E-state index in [4.69, 9.17) is 17.3 Å². The van der Waals surface area contributed by atoms with Crippen LogP contribution in [-0.2, 0) is 22.4 Å². The number of piperidine rings is 1. The Hall–Kier alpha value is -4.21. The minimum absolute atomic E-state index is 0.0268. The first-order chi connectivity index (χ1) is 21.7. The first-order valence-electron chi connectivity index (χ1n) is 15.5. The molecular weight excluding hydrogens is 588 g/mol. The number of benzene rings is 2. The molecule has 6 rings (SSSR count). The highest BCUT2D eigenvalue weighted by atomic mass is 35.5. The molecule has 2 aliphatic heterocycles. The van der Waals surface area contributed by atoms with E-state index in [-0.39, 0.29) is 23.6 Å². The number of halogens is 1. The Morgan fingerprint density at radius 3 is 2.56 bits per heavy atom. The van der Waals surface area contributed by atoms with Crippen molar-refractivity contribution in [1.29, 1.82) is 0 Å². The van der Waals surface area contributed by atoms with Crippen LogP contribution >= 0.6 is 11.6 Å². The molecule has 0 radical (unpaired) electrons. The topological polar surface area (TPSA) is 116 Å². The summed E-state index contributed by atoms with van der Waals surface area (Å²) in [6.45, 7) is 2.89. The highest BCUT2D eigenvalue weighted by Gasteiger charge is 2.29. The maximum absolute atomic E-state index is 13.2. The third kappa shape index (κ3) is 8.09. The lowest BCUT2D eigenvalue weighted by Gasteiger charge is -2.36. The summed E-state index contributed by atoms with van der Waals surface area (Å²) in [5.74, 6) is 0.211. The van der Waals surface area contributed by atoms with E-state index in [1.54, 1.807) is 29.4 Å². The number of carbonyl (C=O) groups excluding carboxylic acids is 3. The van der Waals surface area contributed by atoms with Crippen LogP contribution in [0, 0.1) is 11.8 Å². The van der Waals surface area contributed by atoms with Gasteiger partial charge in [0.15, 0.2) is 0 Å². The number of nitrogens with two attached hydrogens (primary N) is 1. The lowest BCUT2D eigenvalue weighted by molar-refractivity contribution is -0.123. The molecule has 4 heterocycles. The minimum Gasteiger partial charge on any atom is -0.369 e. The van der Waals surface area contributed by atoms with Crippen LogP contribution in [0.4, 0.5) is 5.69 Å². The smallest absolute Gasteiger partial charge is 0.255 e. The number of carbonyl (C=O) groups is 3. The van der Waals surface area contributed by atoms with E-state index in [1.165, 1.54) is 16.5 Å². The van der Waals surface area contributed by atoms with Gasteiger partial charge in [-0.3, -0.25) is 19.4 Å². The number of nitrogens with zero attached hydrogens (tertiary/aromatic N) is 4. The zero-order valence-corrected chi connectivity index (χ0v) is 26.7. The monoisotopic (exact) mass is 628 g/mol. The van der Waals surface area contributed by atoms with E-state index >= 15 is 0 Å². The Balaban J connectivity index is 0.000000201. The second kappa shape index (κ2) is 14.7. The molecule has 1 unspecified atom stereocenters. The average molecular weight is 629 g/mol. The van der Waals surface area contributed by atoms with Gasteiger partial charge in [0.1, 0.15) is 0 Å². The highest BCUT2D eigenvalue weighted by Crippen LogP contribution is 2.33. The summed E-state index contributed by atoms with van der Waals surface area (Å²) in [6.07, 6.45) is 8.72. The van der Waals surface area contributed by atoms with Crippen molar-refractivity contribution in [3.8, 4) is 0 Å². The van der Waals surface area contributed by atoms with Crippen LogP contribution in [0.25, 0.3) is 10.9 Å². The SMILES string of the molecule is CN(C)CC1Cc2cc(Cl)ccc2N(C(=O)CCc2c[nH]c3ccccc23)C1.NC(=O)C1CCN(C(=O)c2cccnc2)CC1. The number of pyridine rings is 1. The molecule has 0 bridgehead atoms. The summed E-state index contributed by atoms with van der Waals surface area (Å²) in [6, 6.07) is 17.6. The summed E-state index contributed by atoms with van der Waals surface area (Å²) in [4.78, 5) is 49.4. The number of anilines is 1. The van der Waals surface area contributed by atoms with Crippen molar-refractivity contribution in [1.82, 2.24) is 19.8 Å². The molecule has 0 saturated carbocycles. The zero-order chi connectivity index (χ0) is 31.9. The van der Waals surface area contributed by atoms with Crippen LogP contribution in [0.2, 0.25) is 5.02 Å². The molecule has 236 valence electrons. The quantitative estimate of drug-likeness (QED) is 0.301. The van der Waals surface area contributed by atoms with Gasteiger partial charge in [0.25, 0.3) is 5.91 Å². The molecule has 45 heavy (non-hydrogen) atoms. The number of rotatable bonds is 7. The summed E-state index contributed by atoms with van der Waals surface area (Å²) in [7, 11) is 4.16. The van der Waals surface area contributed by atoms with E-state index in [0.717, 1.165) is 42.2 Å². The first-order valence-corrected chi connectivity index (χ1v) is 15.8. The summed E-state index contributed by atoms with van der Waals surface area (Å²) >= 11 is 6.22. The number of aromatic nitrogens is 2. The fraction of sp³-hybridized carbons (Fsp3) is 0.371. The number of para-hydroxylation sites is 1. The van der Waals surface area contributed by atoms with Gasteiger partial charge in [-0.2, -0.15) is 0 Å². The number of nitrogens with one attached hydrogen (secondary N) is 1. The fourth-order valence-electron chi connectivity index (χ4n) is 6.34. The van der Waals surface area contributed by atoms with E-state index < -0.39 is 0 Å². The van der Waals surface area contributed by atoms with Crippen LogP contribution in [-0.4, -0.2) is 77.8 Å². The molecule has 4 aromatic rings. The third-order valence-electron chi connectivity index (χ3n) is 8.58. The van der Waals surface area contributed by atoms with Gasteiger partial charge in [0.05, 0.1) is 5.56 Å². The Bertz CT molecular complexity index is 1630. The van der Waals surface area contributed by atoms with Crippen LogP contribution in [0.1, 0.15) is 40.7 Å². The number of amides is 3. The van der Waals surface area contributed by atoms with Gasteiger partial charge in [0, 0.05) is 78.7 Å². The van der Waals surface area contributed by atoms with Crippen molar-refractivity contribution in [2.24, 2.45) is 17.6 Å². The number of primary amides is 1. The van der Waals surface area contributed by atoms with Gasteiger partial charge in [0.2, 0.25) is 11.8 Å². The van der Waals surface area contributed by atoms with Crippen molar-refractivity contribution in [2.45, 2.75) is 32.1 Å². The van der Waals surface area contributed by atoms with Crippen molar-refractivity contribution < 1.29 is 14.4 Å². The van der Waals surface area contributed by atoms with Crippen LogP contribution in [0.15, 0.2) is 73.2 Å². The van der Waals surface area contributed by atoms with E-state index in [9.17, 15) is 14.4 Å². The number of aryl methyl sites for hydroxylation is 1. The van der Waals surface area contributed by atoms with Crippen LogP contribution in [0.3, 0.4) is 0 Å². The molecule has 0 aliphatic carbocycles. The molecule has 10 heteroatoms. The largest absolute Gasteiger partial charge is 0.369 e. The van der Waals surface area contributed by atoms with Gasteiger partial charge < -0.3 is 25.4 Å². The molecule has 1 atom stereocenters. The lowest BCUT2D eigenvalue weighted by Crippen LogP contribution is -2.43. The maximum atomic E-state index is 13.2. The normalized spacial score (nSPS) is 16.7. The molecule has 3 amide bonds. The second-order valence-corrected chi connectivity index (χ2v) is 12.6. The Morgan fingerprint density at radius 2 is 1.84 bits per heavy atom. The van der Waals surface area contributed by atoms with Crippen molar-refractivity contribution in [3.05, 3.63) is 94.9 Å². The average Bonchev–Trinajstić information content (AvgIpc) is 3.46. The highest BCUT2D eigenvalue weighted by molar-refractivity contribution is 6.30. The van der Waals surface area contributed by atoms with Crippen molar-refractivity contribution in [2.75, 3.05) is 45.2 Å². The zero-order valence-electron chi connectivity index (χ0n) is 25.9. The Labute approximate surface area is 269 Å². The van der Waals surface area contributed by atoms with E-state index in [2.05, 4.69) is 41.1 Å². The predicted molar refractivity (Wildman–Crippen MR) is 178 cm³/mol. The van der Waals surface area contributed by atoms with Crippen LogP contribution < -0.4 is 10.6 Å². The summed E-state index contributed by atoms with van der Waals surface area (Å²) < 4.78 is 0. The lowest BCUT2D eigenvalue weighted by atomic mass is 9.91. The predicted octanol–water partition coefficient (Wildman–Crippen LogP) is 4.94. The number of likely N-dealkylation sites (tertiary alicyclic amines) is 1. The third-order valence-corrected chi connectivity index (χ3v) is 8.82. The Kier molecular flexibility index (Phi) is 10.5. The Morgan fingerprint density at radius 1 is 1.07 bits per heavy atom.